The Bertz CT molecular complexity index is 810. The summed E-state index contributed by atoms with van der Waals surface area (Å²) in [5.74, 6) is 0.565. The topological polar surface area (TPSA) is 46.2 Å². The van der Waals surface area contributed by atoms with Crippen LogP contribution in [-0.2, 0) is 10.0 Å². The van der Waals surface area contributed by atoms with Crippen molar-refractivity contribution < 1.29 is 8.42 Å². The molecule has 1 aliphatic carbocycles. The molecule has 0 atom stereocenters. The number of benzene rings is 2. The molecule has 128 valence electrons. The predicted octanol–water partition coefficient (Wildman–Crippen LogP) is 5.50. The van der Waals surface area contributed by atoms with E-state index in [2.05, 4.69) is 4.72 Å². The molecule has 0 heterocycles. The molecule has 0 saturated heterocycles. The van der Waals surface area contributed by atoms with Crippen LogP contribution in [0.1, 0.15) is 49.1 Å². The van der Waals surface area contributed by atoms with Crippen molar-refractivity contribution in [3.63, 3.8) is 0 Å². The fraction of sp³-hybridized carbons (Fsp3) is 0.368. The van der Waals surface area contributed by atoms with Crippen LogP contribution in [0.5, 0.6) is 0 Å². The zero-order chi connectivity index (χ0) is 17.2. The molecule has 1 fully saturated rings. The van der Waals surface area contributed by atoms with Gasteiger partial charge in [0.15, 0.2) is 0 Å². The highest BCUT2D eigenvalue weighted by Crippen LogP contribution is 2.33. The minimum Gasteiger partial charge on any atom is -0.278 e. The van der Waals surface area contributed by atoms with Gasteiger partial charge in [-0.05, 0) is 61.1 Å². The summed E-state index contributed by atoms with van der Waals surface area (Å²) < 4.78 is 27.7. The van der Waals surface area contributed by atoms with Crippen LogP contribution >= 0.6 is 11.6 Å². The van der Waals surface area contributed by atoms with E-state index >= 15 is 0 Å². The summed E-state index contributed by atoms with van der Waals surface area (Å²) in [7, 11) is -3.63. The minimum absolute atomic E-state index is 0.263. The van der Waals surface area contributed by atoms with Crippen LogP contribution in [-0.4, -0.2) is 8.42 Å². The summed E-state index contributed by atoms with van der Waals surface area (Å²) in [4.78, 5) is 0.263. The van der Waals surface area contributed by atoms with Gasteiger partial charge in [-0.15, -0.1) is 0 Å². The molecular weight excluding hydrogens is 342 g/mol. The SMILES string of the molecule is Cc1ccc(NS(=O)(=O)c2ccc(C3CCCCC3)cc2)c(Cl)c1. The van der Waals surface area contributed by atoms with Crippen LogP contribution in [0.25, 0.3) is 0 Å². The summed E-state index contributed by atoms with van der Waals surface area (Å²) in [6, 6.07) is 12.5. The smallest absolute Gasteiger partial charge is 0.261 e. The largest absolute Gasteiger partial charge is 0.278 e. The summed E-state index contributed by atoms with van der Waals surface area (Å²) in [5.41, 5.74) is 2.63. The van der Waals surface area contributed by atoms with Crippen molar-refractivity contribution in [1.82, 2.24) is 0 Å². The van der Waals surface area contributed by atoms with Crippen molar-refractivity contribution in [1.29, 1.82) is 0 Å². The molecule has 1 aliphatic rings. The molecule has 3 rings (SSSR count). The van der Waals surface area contributed by atoms with Crippen LogP contribution in [0.3, 0.4) is 0 Å². The number of rotatable bonds is 4. The average Bonchev–Trinajstić information content (AvgIpc) is 2.58. The fourth-order valence-electron chi connectivity index (χ4n) is 3.26. The first kappa shape index (κ1) is 17.3. The van der Waals surface area contributed by atoms with E-state index in [9.17, 15) is 8.42 Å². The van der Waals surface area contributed by atoms with E-state index in [0.29, 0.717) is 16.6 Å². The quantitative estimate of drug-likeness (QED) is 0.779. The van der Waals surface area contributed by atoms with E-state index in [1.807, 2.05) is 25.1 Å². The van der Waals surface area contributed by atoms with Crippen molar-refractivity contribution in [3.8, 4) is 0 Å². The monoisotopic (exact) mass is 363 g/mol. The molecule has 0 spiro atoms. The van der Waals surface area contributed by atoms with Gasteiger partial charge in [-0.25, -0.2) is 8.42 Å². The van der Waals surface area contributed by atoms with Gasteiger partial charge in [0, 0.05) is 0 Å². The summed E-state index contributed by atoms with van der Waals surface area (Å²) in [5, 5.41) is 0.400. The maximum Gasteiger partial charge on any atom is 0.261 e. The summed E-state index contributed by atoms with van der Waals surface area (Å²) in [6.07, 6.45) is 6.23. The molecular formula is C19H22ClNO2S. The first-order chi connectivity index (χ1) is 11.5. The predicted molar refractivity (Wildman–Crippen MR) is 99.3 cm³/mol. The number of halogens is 1. The van der Waals surface area contributed by atoms with Crippen LogP contribution in [0, 0.1) is 6.92 Å². The number of nitrogens with one attached hydrogen (secondary N) is 1. The van der Waals surface area contributed by atoms with Crippen molar-refractivity contribution in [2.45, 2.75) is 49.8 Å². The van der Waals surface area contributed by atoms with Crippen molar-refractivity contribution >= 4 is 27.3 Å². The maximum atomic E-state index is 12.6. The van der Waals surface area contributed by atoms with Gasteiger partial charge in [0.1, 0.15) is 0 Å². The molecule has 1 saturated carbocycles. The van der Waals surface area contributed by atoms with Crippen molar-refractivity contribution in [3.05, 3.63) is 58.6 Å². The number of hydrogen-bond donors (Lipinski definition) is 1. The molecule has 0 amide bonds. The molecule has 1 N–H and O–H groups in total. The summed E-state index contributed by atoms with van der Waals surface area (Å²) >= 11 is 6.12. The van der Waals surface area contributed by atoms with Crippen LogP contribution in [0.4, 0.5) is 5.69 Å². The van der Waals surface area contributed by atoms with Crippen LogP contribution in [0.15, 0.2) is 47.4 Å². The van der Waals surface area contributed by atoms with E-state index < -0.39 is 10.0 Å². The first-order valence-corrected chi connectivity index (χ1v) is 10.2. The number of aryl methyl sites for hydroxylation is 1. The zero-order valence-corrected chi connectivity index (χ0v) is 15.3. The highest BCUT2D eigenvalue weighted by Gasteiger charge is 2.19. The van der Waals surface area contributed by atoms with E-state index in [1.54, 1.807) is 24.3 Å². The van der Waals surface area contributed by atoms with Crippen molar-refractivity contribution in [2.24, 2.45) is 0 Å². The average molecular weight is 364 g/mol. The molecule has 0 unspecified atom stereocenters. The van der Waals surface area contributed by atoms with Gasteiger partial charge in [-0.3, -0.25) is 4.72 Å². The Kier molecular flexibility index (Phi) is 5.16. The van der Waals surface area contributed by atoms with E-state index in [4.69, 9.17) is 11.6 Å². The second-order valence-corrected chi connectivity index (χ2v) is 8.58. The van der Waals surface area contributed by atoms with Gasteiger partial charge in [0.25, 0.3) is 10.0 Å². The van der Waals surface area contributed by atoms with E-state index in [1.165, 1.54) is 37.7 Å². The second kappa shape index (κ2) is 7.16. The molecule has 0 aromatic heterocycles. The number of anilines is 1. The molecule has 0 aliphatic heterocycles. The second-order valence-electron chi connectivity index (χ2n) is 6.49. The lowest BCUT2D eigenvalue weighted by Gasteiger charge is -2.22. The molecule has 2 aromatic rings. The van der Waals surface area contributed by atoms with Gasteiger partial charge < -0.3 is 0 Å². The van der Waals surface area contributed by atoms with Crippen molar-refractivity contribution in [2.75, 3.05) is 4.72 Å². The Balaban J connectivity index is 1.79. The maximum absolute atomic E-state index is 12.6. The Morgan fingerprint density at radius 2 is 1.67 bits per heavy atom. The molecule has 0 radical (unpaired) electrons. The van der Waals surface area contributed by atoms with Gasteiger partial charge in [-0.1, -0.05) is 49.1 Å². The normalized spacial score (nSPS) is 16.1. The molecule has 24 heavy (non-hydrogen) atoms. The third-order valence-electron chi connectivity index (χ3n) is 4.64. The lowest BCUT2D eigenvalue weighted by atomic mass is 9.84. The highest BCUT2D eigenvalue weighted by atomic mass is 35.5. The first-order valence-electron chi connectivity index (χ1n) is 8.35. The molecule has 2 aromatic carbocycles. The third kappa shape index (κ3) is 3.93. The summed E-state index contributed by atoms with van der Waals surface area (Å²) in [6.45, 7) is 1.91. The Morgan fingerprint density at radius 1 is 1.00 bits per heavy atom. The third-order valence-corrected chi connectivity index (χ3v) is 6.33. The van der Waals surface area contributed by atoms with Gasteiger partial charge in [-0.2, -0.15) is 0 Å². The standard InChI is InChI=1S/C19H22ClNO2S/c1-14-7-12-19(18(20)13-14)21-24(22,23)17-10-8-16(9-11-17)15-5-3-2-4-6-15/h7-13,15,21H,2-6H2,1H3. The lowest BCUT2D eigenvalue weighted by Crippen LogP contribution is -2.13. The highest BCUT2D eigenvalue weighted by molar-refractivity contribution is 7.92. The molecule has 0 bridgehead atoms. The minimum atomic E-state index is -3.63. The number of hydrogen-bond acceptors (Lipinski definition) is 2. The lowest BCUT2D eigenvalue weighted by molar-refractivity contribution is 0.443. The van der Waals surface area contributed by atoms with E-state index in [0.717, 1.165) is 5.56 Å². The van der Waals surface area contributed by atoms with Gasteiger partial charge >= 0.3 is 0 Å². The molecule has 5 heteroatoms. The Hall–Kier alpha value is -1.52. The molecule has 3 nitrogen and oxygen atoms in total. The zero-order valence-electron chi connectivity index (χ0n) is 13.8. The Labute approximate surface area is 149 Å². The van der Waals surface area contributed by atoms with E-state index in [-0.39, 0.29) is 4.90 Å². The number of sulfonamides is 1. The Morgan fingerprint density at radius 3 is 2.29 bits per heavy atom. The van der Waals surface area contributed by atoms with Gasteiger partial charge in [0.05, 0.1) is 15.6 Å². The van der Waals surface area contributed by atoms with Gasteiger partial charge in [0.2, 0.25) is 0 Å². The fourth-order valence-corrected chi connectivity index (χ4v) is 4.68. The van der Waals surface area contributed by atoms with Crippen LogP contribution < -0.4 is 4.72 Å². The van der Waals surface area contributed by atoms with Crippen LogP contribution in [0.2, 0.25) is 5.02 Å².